The van der Waals surface area contributed by atoms with Crippen molar-refractivity contribution in [2.45, 2.75) is 51.6 Å². The van der Waals surface area contributed by atoms with E-state index in [1.54, 1.807) is 0 Å². The van der Waals surface area contributed by atoms with Crippen LogP contribution >= 0.6 is 0 Å². The van der Waals surface area contributed by atoms with Crippen LogP contribution in [-0.4, -0.2) is 27.3 Å². The Labute approximate surface area is 117 Å². The Morgan fingerprint density at radius 2 is 2.25 bits per heavy atom. The molecular formula is C14H21N3O3. The van der Waals surface area contributed by atoms with Crippen LogP contribution in [0, 0.1) is 17.8 Å². The van der Waals surface area contributed by atoms with Gasteiger partial charge in [0.25, 0.3) is 0 Å². The first kappa shape index (κ1) is 13.5. The van der Waals surface area contributed by atoms with E-state index in [4.69, 9.17) is 4.52 Å². The van der Waals surface area contributed by atoms with Crippen LogP contribution in [-0.2, 0) is 17.8 Å². The molecule has 2 N–H and O–H groups in total. The highest BCUT2D eigenvalue weighted by Crippen LogP contribution is 2.48. The van der Waals surface area contributed by atoms with Gasteiger partial charge in [-0.1, -0.05) is 12.1 Å². The summed E-state index contributed by atoms with van der Waals surface area (Å²) >= 11 is 0. The standard InChI is InChI=1S/C14H21N3O3/c1-2-3-11-16-10(17-20-11)7-15-13-9-5-4-8(6-9)12(13)14(18)19/h8-9,12-13,15H,2-7H2,1H3,(H,18,19). The fraction of sp³-hybridized carbons (Fsp3) is 0.786. The average molecular weight is 279 g/mol. The zero-order valence-corrected chi connectivity index (χ0v) is 11.7. The predicted octanol–water partition coefficient (Wildman–Crippen LogP) is 1.61. The molecule has 1 heterocycles. The van der Waals surface area contributed by atoms with Gasteiger partial charge in [0.05, 0.1) is 12.5 Å². The quantitative estimate of drug-likeness (QED) is 0.822. The Balaban J connectivity index is 1.60. The minimum Gasteiger partial charge on any atom is -0.481 e. The SMILES string of the molecule is CCCc1nc(CNC2C3CCC(C3)C2C(=O)O)no1. The molecule has 2 aliphatic carbocycles. The maximum absolute atomic E-state index is 11.4. The molecule has 2 aliphatic rings. The van der Waals surface area contributed by atoms with E-state index in [1.807, 2.05) is 0 Å². The van der Waals surface area contributed by atoms with Gasteiger partial charge >= 0.3 is 5.97 Å². The molecule has 3 rings (SSSR count). The Hall–Kier alpha value is -1.43. The molecule has 0 amide bonds. The lowest BCUT2D eigenvalue weighted by atomic mass is 9.84. The van der Waals surface area contributed by atoms with Crippen molar-refractivity contribution in [2.24, 2.45) is 17.8 Å². The molecule has 110 valence electrons. The summed E-state index contributed by atoms with van der Waals surface area (Å²) < 4.78 is 5.14. The molecule has 0 spiro atoms. The normalized spacial score (nSPS) is 31.9. The molecule has 0 aliphatic heterocycles. The number of carbonyl (C=O) groups is 1. The molecule has 0 radical (unpaired) electrons. The molecule has 1 aromatic heterocycles. The number of hydrogen-bond acceptors (Lipinski definition) is 5. The molecule has 2 fully saturated rings. The number of nitrogens with zero attached hydrogens (tertiary/aromatic N) is 2. The molecule has 20 heavy (non-hydrogen) atoms. The van der Waals surface area contributed by atoms with Gasteiger partial charge in [0.1, 0.15) is 0 Å². The third-order valence-corrected chi connectivity index (χ3v) is 4.67. The van der Waals surface area contributed by atoms with Crippen molar-refractivity contribution in [3.05, 3.63) is 11.7 Å². The van der Waals surface area contributed by atoms with Crippen molar-refractivity contribution < 1.29 is 14.4 Å². The van der Waals surface area contributed by atoms with Gasteiger partial charge in [-0.3, -0.25) is 4.79 Å². The number of carboxylic acid groups (broad SMARTS) is 1. The van der Waals surface area contributed by atoms with E-state index in [-0.39, 0.29) is 12.0 Å². The summed E-state index contributed by atoms with van der Waals surface area (Å²) in [6.07, 6.45) is 5.01. The van der Waals surface area contributed by atoms with Crippen LogP contribution in [0.1, 0.15) is 44.3 Å². The highest BCUT2D eigenvalue weighted by Gasteiger charge is 2.50. The molecule has 2 saturated carbocycles. The number of nitrogens with one attached hydrogen (secondary N) is 1. The number of aromatic nitrogens is 2. The maximum Gasteiger partial charge on any atom is 0.308 e. The van der Waals surface area contributed by atoms with Gasteiger partial charge in [-0.15, -0.1) is 0 Å². The van der Waals surface area contributed by atoms with Gasteiger partial charge in [0.15, 0.2) is 5.82 Å². The summed E-state index contributed by atoms with van der Waals surface area (Å²) in [5.74, 6) is 1.19. The second-order valence-electron chi connectivity index (χ2n) is 5.96. The smallest absolute Gasteiger partial charge is 0.308 e. The second kappa shape index (κ2) is 5.52. The van der Waals surface area contributed by atoms with Gasteiger partial charge in [-0.05, 0) is 37.5 Å². The summed E-state index contributed by atoms with van der Waals surface area (Å²) in [6.45, 7) is 2.56. The predicted molar refractivity (Wildman–Crippen MR) is 70.9 cm³/mol. The Bertz CT molecular complexity index is 488. The monoisotopic (exact) mass is 279 g/mol. The van der Waals surface area contributed by atoms with Crippen molar-refractivity contribution in [3.8, 4) is 0 Å². The van der Waals surface area contributed by atoms with Crippen molar-refractivity contribution in [1.82, 2.24) is 15.5 Å². The first-order valence-corrected chi connectivity index (χ1v) is 7.46. The van der Waals surface area contributed by atoms with Gasteiger partial charge < -0.3 is 14.9 Å². The lowest BCUT2D eigenvalue weighted by Crippen LogP contribution is -2.44. The number of fused-ring (bicyclic) bond motifs is 2. The first-order valence-electron chi connectivity index (χ1n) is 7.46. The zero-order chi connectivity index (χ0) is 14.1. The fourth-order valence-corrected chi connectivity index (χ4v) is 3.83. The Morgan fingerprint density at radius 3 is 3.00 bits per heavy atom. The van der Waals surface area contributed by atoms with E-state index < -0.39 is 5.97 Å². The van der Waals surface area contributed by atoms with E-state index in [9.17, 15) is 9.90 Å². The average Bonchev–Trinajstić information content (AvgIpc) is 3.11. The van der Waals surface area contributed by atoms with Crippen LogP contribution in [0.5, 0.6) is 0 Å². The minimum atomic E-state index is -0.672. The maximum atomic E-state index is 11.4. The highest BCUT2D eigenvalue weighted by molar-refractivity contribution is 5.72. The minimum absolute atomic E-state index is 0.0550. The second-order valence-corrected chi connectivity index (χ2v) is 5.96. The van der Waals surface area contributed by atoms with E-state index >= 15 is 0 Å². The van der Waals surface area contributed by atoms with E-state index in [1.165, 1.54) is 0 Å². The van der Waals surface area contributed by atoms with Crippen molar-refractivity contribution in [3.63, 3.8) is 0 Å². The summed E-state index contributed by atoms with van der Waals surface area (Å²) in [5.41, 5.74) is 0. The van der Waals surface area contributed by atoms with Crippen LogP contribution in [0.15, 0.2) is 4.52 Å². The summed E-state index contributed by atoms with van der Waals surface area (Å²) in [5, 5.41) is 16.7. The van der Waals surface area contributed by atoms with Gasteiger partial charge in [0, 0.05) is 12.5 Å². The number of hydrogen-bond donors (Lipinski definition) is 2. The molecule has 1 aromatic rings. The Morgan fingerprint density at radius 1 is 1.45 bits per heavy atom. The molecule has 4 atom stereocenters. The van der Waals surface area contributed by atoms with Crippen LogP contribution in [0.25, 0.3) is 0 Å². The van der Waals surface area contributed by atoms with Crippen molar-refractivity contribution >= 4 is 5.97 Å². The molecule has 6 heteroatoms. The van der Waals surface area contributed by atoms with E-state index in [0.717, 1.165) is 32.1 Å². The molecular weight excluding hydrogens is 258 g/mol. The van der Waals surface area contributed by atoms with Crippen molar-refractivity contribution in [1.29, 1.82) is 0 Å². The molecule has 2 bridgehead atoms. The third kappa shape index (κ3) is 2.44. The highest BCUT2D eigenvalue weighted by atomic mass is 16.5. The largest absolute Gasteiger partial charge is 0.481 e. The number of aryl methyl sites for hydroxylation is 1. The molecule has 6 nitrogen and oxygen atoms in total. The number of aliphatic carboxylic acids is 1. The lowest BCUT2D eigenvalue weighted by Gasteiger charge is -2.28. The first-order chi connectivity index (χ1) is 9.69. The zero-order valence-electron chi connectivity index (χ0n) is 11.7. The Kier molecular flexibility index (Phi) is 3.74. The fourth-order valence-electron chi connectivity index (χ4n) is 3.83. The molecule has 0 saturated heterocycles. The topological polar surface area (TPSA) is 88.2 Å². The number of carboxylic acids is 1. The van der Waals surface area contributed by atoms with Gasteiger partial charge in [-0.25, -0.2) is 0 Å². The van der Waals surface area contributed by atoms with Crippen LogP contribution in [0.4, 0.5) is 0 Å². The summed E-state index contributed by atoms with van der Waals surface area (Å²) in [6, 6.07) is 0.0550. The van der Waals surface area contributed by atoms with Crippen molar-refractivity contribution in [2.75, 3.05) is 0 Å². The molecule has 0 aromatic carbocycles. The van der Waals surface area contributed by atoms with E-state index in [0.29, 0.717) is 30.1 Å². The van der Waals surface area contributed by atoms with Crippen LogP contribution in [0.2, 0.25) is 0 Å². The lowest BCUT2D eigenvalue weighted by molar-refractivity contribution is -0.144. The van der Waals surface area contributed by atoms with Gasteiger partial charge in [-0.2, -0.15) is 4.98 Å². The van der Waals surface area contributed by atoms with Crippen LogP contribution in [0.3, 0.4) is 0 Å². The third-order valence-electron chi connectivity index (χ3n) is 4.67. The molecule has 4 unspecified atom stereocenters. The summed E-state index contributed by atoms with van der Waals surface area (Å²) in [4.78, 5) is 15.7. The summed E-state index contributed by atoms with van der Waals surface area (Å²) in [7, 11) is 0. The van der Waals surface area contributed by atoms with Gasteiger partial charge in [0.2, 0.25) is 5.89 Å². The number of rotatable bonds is 6. The van der Waals surface area contributed by atoms with Crippen LogP contribution < -0.4 is 5.32 Å². The van der Waals surface area contributed by atoms with E-state index in [2.05, 4.69) is 22.4 Å².